The Bertz CT molecular complexity index is 525. The van der Waals surface area contributed by atoms with Gasteiger partial charge in [0.25, 0.3) is 0 Å². The van der Waals surface area contributed by atoms with Crippen molar-refractivity contribution in [2.75, 3.05) is 0 Å². The van der Waals surface area contributed by atoms with E-state index >= 15 is 0 Å². The highest BCUT2D eigenvalue weighted by Crippen LogP contribution is 2.29. The molecule has 2 rings (SSSR count). The standard InChI is InChI=1S/C14H10Br2Cl2/c15-7-9-1-10(8-16)3-11(2-9)12-4-13(17)6-14(18)5-12/h1-6H,7-8H2. The summed E-state index contributed by atoms with van der Waals surface area (Å²) in [5, 5.41) is 2.97. The molecule has 2 aromatic rings. The Kier molecular flexibility index (Phi) is 5.14. The first-order valence-electron chi connectivity index (χ1n) is 5.33. The Morgan fingerprint density at radius 2 is 1.11 bits per heavy atom. The molecule has 0 nitrogen and oxygen atoms in total. The minimum Gasteiger partial charge on any atom is -0.0876 e. The first-order valence-corrected chi connectivity index (χ1v) is 8.33. The molecule has 0 bridgehead atoms. The highest BCUT2D eigenvalue weighted by Gasteiger charge is 2.05. The average Bonchev–Trinajstić information content (AvgIpc) is 2.37. The smallest absolute Gasteiger partial charge is 0.0426 e. The van der Waals surface area contributed by atoms with Gasteiger partial charge in [0, 0.05) is 20.7 Å². The summed E-state index contributed by atoms with van der Waals surface area (Å²) in [7, 11) is 0. The molecule has 0 aliphatic heterocycles. The van der Waals surface area contributed by atoms with Crippen LogP contribution in [0.15, 0.2) is 36.4 Å². The fourth-order valence-electron chi connectivity index (χ4n) is 1.80. The molecule has 0 fully saturated rings. The molecule has 0 amide bonds. The largest absolute Gasteiger partial charge is 0.0876 e. The maximum atomic E-state index is 6.04. The van der Waals surface area contributed by atoms with Crippen molar-refractivity contribution in [1.29, 1.82) is 0 Å². The molecule has 0 N–H and O–H groups in total. The van der Waals surface area contributed by atoms with E-state index in [1.807, 2.05) is 12.1 Å². The van der Waals surface area contributed by atoms with E-state index in [1.54, 1.807) is 6.07 Å². The molecule has 4 heteroatoms. The predicted octanol–water partition coefficient (Wildman–Crippen LogP) is 6.45. The van der Waals surface area contributed by atoms with Crippen molar-refractivity contribution < 1.29 is 0 Å². The molecular formula is C14H10Br2Cl2. The molecule has 0 unspecified atom stereocenters. The Morgan fingerprint density at radius 3 is 1.56 bits per heavy atom. The lowest BCUT2D eigenvalue weighted by Gasteiger charge is -2.08. The SMILES string of the molecule is Clc1cc(Cl)cc(-c2cc(CBr)cc(CBr)c2)c1. The highest BCUT2D eigenvalue weighted by atomic mass is 79.9. The van der Waals surface area contributed by atoms with E-state index in [4.69, 9.17) is 23.2 Å². The molecule has 0 aromatic heterocycles. The van der Waals surface area contributed by atoms with Crippen LogP contribution in [0.5, 0.6) is 0 Å². The lowest BCUT2D eigenvalue weighted by Crippen LogP contribution is -1.87. The second-order valence-corrected chi connectivity index (χ2v) is 5.96. The van der Waals surface area contributed by atoms with Gasteiger partial charge in [-0.25, -0.2) is 0 Å². The molecule has 0 spiro atoms. The lowest BCUT2D eigenvalue weighted by molar-refractivity contribution is 1.35. The number of rotatable bonds is 3. The maximum Gasteiger partial charge on any atom is 0.0426 e. The third kappa shape index (κ3) is 3.51. The van der Waals surface area contributed by atoms with Crippen LogP contribution >= 0.6 is 55.1 Å². The third-order valence-electron chi connectivity index (χ3n) is 2.56. The molecule has 0 aliphatic carbocycles. The quantitative estimate of drug-likeness (QED) is 0.512. The van der Waals surface area contributed by atoms with Gasteiger partial charge in [0.15, 0.2) is 0 Å². The molecular weight excluding hydrogens is 399 g/mol. The van der Waals surface area contributed by atoms with Crippen molar-refractivity contribution in [3.63, 3.8) is 0 Å². The van der Waals surface area contributed by atoms with Gasteiger partial charge in [-0.1, -0.05) is 73.3 Å². The first-order chi connectivity index (χ1) is 8.62. The van der Waals surface area contributed by atoms with Crippen molar-refractivity contribution in [2.45, 2.75) is 10.7 Å². The number of benzene rings is 2. The van der Waals surface area contributed by atoms with Gasteiger partial charge in [-0.05, 0) is 40.5 Å². The van der Waals surface area contributed by atoms with Crippen LogP contribution in [0.3, 0.4) is 0 Å². The summed E-state index contributed by atoms with van der Waals surface area (Å²) in [6.45, 7) is 0. The monoisotopic (exact) mass is 406 g/mol. The minimum atomic E-state index is 0.655. The summed E-state index contributed by atoms with van der Waals surface area (Å²) in [5.74, 6) is 0. The van der Waals surface area contributed by atoms with E-state index in [0.29, 0.717) is 10.0 Å². The van der Waals surface area contributed by atoms with Gasteiger partial charge >= 0.3 is 0 Å². The van der Waals surface area contributed by atoms with Crippen molar-refractivity contribution in [3.05, 3.63) is 57.6 Å². The van der Waals surface area contributed by atoms with Gasteiger partial charge in [0.2, 0.25) is 0 Å². The van der Waals surface area contributed by atoms with E-state index in [-0.39, 0.29) is 0 Å². The first kappa shape index (κ1) is 14.4. The maximum absolute atomic E-state index is 6.04. The molecule has 18 heavy (non-hydrogen) atoms. The number of alkyl halides is 2. The summed E-state index contributed by atoms with van der Waals surface area (Å²) in [5.41, 5.74) is 4.64. The van der Waals surface area contributed by atoms with Gasteiger partial charge in [0.1, 0.15) is 0 Å². The van der Waals surface area contributed by atoms with Crippen molar-refractivity contribution >= 4 is 55.1 Å². The topological polar surface area (TPSA) is 0 Å². The van der Waals surface area contributed by atoms with E-state index in [0.717, 1.165) is 21.8 Å². The van der Waals surface area contributed by atoms with E-state index in [1.165, 1.54) is 11.1 Å². The zero-order chi connectivity index (χ0) is 13.1. The second-order valence-electron chi connectivity index (χ2n) is 3.96. The summed E-state index contributed by atoms with van der Waals surface area (Å²) in [6.07, 6.45) is 0. The third-order valence-corrected chi connectivity index (χ3v) is 4.29. The summed E-state index contributed by atoms with van der Waals surface area (Å²) >= 11 is 19.1. The predicted molar refractivity (Wildman–Crippen MR) is 87.2 cm³/mol. The molecule has 0 heterocycles. The molecule has 94 valence electrons. The zero-order valence-corrected chi connectivity index (χ0v) is 14.1. The van der Waals surface area contributed by atoms with E-state index in [2.05, 4.69) is 50.1 Å². The van der Waals surface area contributed by atoms with Crippen molar-refractivity contribution in [3.8, 4) is 11.1 Å². The van der Waals surface area contributed by atoms with Crippen LogP contribution in [-0.4, -0.2) is 0 Å². The molecule has 2 aromatic carbocycles. The minimum absolute atomic E-state index is 0.655. The van der Waals surface area contributed by atoms with E-state index < -0.39 is 0 Å². The van der Waals surface area contributed by atoms with Gasteiger partial charge in [0.05, 0.1) is 0 Å². The van der Waals surface area contributed by atoms with Gasteiger partial charge < -0.3 is 0 Å². The van der Waals surface area contributed by atoms with Crippen LogP contribution in [0, 0.1) is 0 Å². The Labute approximate surface area is 134 Å². The van der Waals surface area contributed by atoms with E-state index in [9.17, 15) is 0 Å². The van der Waals surface area contributed by atoms with Crippen molar-refractivity contribution in [1.82, 2.24) is 0 Å². The summed E-state index contributed by atoms with van der Waals surface area (Å²) in [6, 6.07) is 12.1. The Hall–Kier alpha value is -0.0200. The Balaban J connectivity index is 2.55. The summed E-state index contributed by atoms with van der Waals surface area (Å²) in [4.78, 5) is 0. The van der Waals surface area contributed by atoms with Gasteiger partial charge in [-0.3, -0.25) is 0 Å². The molecule has 0 saturated heterocycles. The molecule has 0 atom stereocenters. The Morgan fingerprint density at radius 1 is 0.667 bits per heavy atom. The molecule has 0 radical (unpaired) electrons. The number of halogens is 4. The van der Waals surface area contributed by atoms with Crippen LogP contribution in [0.2, 0.25) is 10.0 Å². The lowest BCUT2D eigenvalue weighted by atomic mass is 10.0. The fraction of sp³-hybridized carbons (Fsp3) is 0.143. The number of hydrogen-bond acceptors (Lipinski definition) is 0. The van der Waals surface area contributed by atoms with Gasteiger partial charge in [-0.15, -0.1) is 0 Å². The van der Waals surface area contributed by atoms with Crippen molar-refractivity contribution in [2.24, 2.45) is 0 Å². The van der Waals surface area contributed by atoms with Crippen LogP contribution in [0.4, 0.5) is 0 Å². The van der Waals surface area contributed by atoms with Crippen LogP contribution in [0.25, 0.3) is 11.1 Å². The molecule has 0 saturated carbocycles. The van der Waals surface area contributed by atoms with Crippen LogP contribution in [-0.2, 0) is 10.7 Å². The van der Waals surface area contributed by atoms with Crippen LogP contribution < -0.4 is 0 Å². The average molecular weight is 409 g/mol. The molecule has 0 aliphatic rings. The highest BCUT2D eigenvalue weighted by molar-refractivity contribution is 9.08. The normalized spacial score (nSPS) is 10.7. The fourth-order valence-corrected chi connectivity index (χ4v) is 2.98. The zero-order valence-electron chi connectivity index (χ0n) is 9.39. The second kappa shape index (κ2) is 6.42. The van der Waals surface area contributed by atoms with Crippen LogP contribution in [0.1, 0.15) is 11.1 Å². The van der Waals surface area contributed by atoms with Gasteiger partial charge in [-0.2, -0.15) is 0 Å². The summed E-state index contributed by atoms with van der Waals surface area (Å²) < 4.78 is 0. The number of hydrogen-bond donors (Lipinski definition) is 0.